The highest BCUT2D eigenvalue weighted by Gasteiger charge is 2.25. The summed E-state index contributed by atoms with van der Waals surface area (Å²) >= 11 is 0. The second-order valence-electron chi connectivity index (χ2n) is 4.20. The number of hydrogen-bond acceptors (Lipinski definition) is 4. The third-order valence-corrected chi connectivity index (χ3v) is 2.70. The molecule has 0 saturated carbocycles. The molecule has 92 valence electrons. The summed E-state index contributed by atoms with van der Waals surface area (Å²) < 4.78 is 5.32. The lowest BCUT2D eigenvalue weighted by Crippen LogP contribution is -2.40. The molecule has 5 heteroatoms. The van der Waals surface area contributed by atoms with Gasteiger partial charge in [0, 0.05) is 12.2 Å². The van der Waals surface area contributed by atoms with E-state index in [9.17, 15) is 9.90 Å². The van der Waals surface area contributed by atoms with Crippen molar-refractivity contribution in [3.8, 4) is 5.75 Å². The average molecular weight is 236 g/mol. The van der Waals surface area contributed by atoms with Gasteiger partial charge in [-0.05, 0) is 31.5 Å². The molecule has 1 aliphatic heterocycles. The fraction of sp³-hybridized carbons (Fsp3) is 0.417. The van der Waals surface area contributed by atoms with Gasteiger partial charge in [0.1, 0.15) is 5.75 Å². The summed E-state index contributed by atoms with van der Waals surface area (Å²) in [6.45, 7) is 2.21. The van der Waals surface area contributed by atoms with Crippen LogP contribution in [0.1, 0.15) is 13.3 Å². The summed E-state index contributed by atoms with van der Waals surface area (Å²) in [5.74, 6) is 0.549. The van der Waals surface area contributed by atoms with E-state index in [1.807, 2.05) is 0 Å². The third kappa shape index (κ3) is 2.50. The lowest BCUT2D eigenvalue weighted by atomic mass is 10.2. The molecule has 1 aromatic rings. The maximum Gasteiger partial charge on any atom is 0.265 e. The predicted octanol–water partition coefficient (Wildman–Crippen LogP) is 0.765. The Morgan fingerprint density at radius 2 is 2.35 bits per heavy atom. The molecule has 1 heterocycles. The zero-order chi connectivity index (χ0) is 12.4. The molecule has 1 aliphatic rings. The molecular formula is C12H16N2O3. The van der Waals surface area contributed by atoms with Crippen LogP contribution < -0.4 is 15.4 Å². The molecule has 0 spiro atoms. The van der Waals surface area contributed by atoms with Gasteiger partial charge >= 0.3 is 0 Å². The van der Waals surface area contributed by atoms with Crippen LogP contribution in [0.5, 0.6) is 5.75 Å². The molecule has 0 fully saturated rings. The van der Waals surface area contributed by atoms with Crippen molar-refractivity contribution in [3.05, 3.63) is 18.2 Å². The fourth-order valence-electron chi connectivity index (χ4n) is 1.78. The summed E-state index contributed by atoms with van der Waals surface area (Å²) in [6, 6.07) is 5.21. The van der Waals surface area contributed by atoms with Crippen LogP contribution in [0.2, 0.25) is 0 Å². The van der Waals surface area contributed by atoms with Crippen molar-refractivity contribution in [3.63, 3.8) is 0 Å². The highest BCUT2D eigenvalue weighted by molar-refractivity contribution is 5.98. The molecule has 1 atom stereocenters. The first-order valence-corrected chi connectivity index (χ1v) is 5.58. The number of carbonyl (C=O) groups excluding carboxylic acids is 1. The first-order chi connectivity index (χ1) is 8.08. The average Bonchev–Trinajstić information content (AvgIpc) is 2.27. The van der Waals surface area contributed by atoms with Crippen LogP contribution in [-0.4, -0.2) is 30.3 Å². The second kappa shape index (κ2) is 4.63. The van der Waals surface area contributed by atoms with Gasteiger partial charge in [-0.1, -0.05) is 0 Å². The van der Waals surface area contributed by atoms with Crippen molar-refractivity contribution in [1.29, 1.82) is 0 Å². The summed E-state index contributed by atoms with van der Waals surface area (Å²) in [7, 11) is 0. The number of nitrogens with two attached hydrogens (primary N) is 1. The molecule has 1 unspecified atom stereocenters. The van der Waals surface area contributed by atoms with Crippen molar-refractivity contribution in [2.45, 2.75) is 19.4 Å². The number of nitrogen functional groups attached to an aromatic ring is 1. The molecule has 2 rings (SSSR count). The number of carbonyl (C=O) groups is 1. The minimum absolute atomic E-state index is 0.0384. The van der Waals surface area contributed by atoms with Crippen LogP contribution in [0, 0.1) is 0 Å². The number of hydrogen-bond donors (Lipinski definition) is 2. The first-order valence-electron chi connectivity index (χ1n) is 5.58. The third-order valence-electron chi connectivity index (χ3n) is 2.70. The van der Waals surface area contributed by atoms with Gasteiger partial charge in [0.2, 0.25) is 0 Å². The monoisotopic (exact) mass is 236 g/mol. The number of ether oxygens (including phenoxy) is 1. The van der Waals surface area contributed by atoms with Gasteiger partial charge in [-0.3, -0.25) is 4.79 Å². The Morgan fingerprint density at radius 3 is 3.06 bits per heavy atom. The number of rotatable bonds is 3. The van der Waals surface area contributed by atoms with Crippen LogP contribution in [0.3, 0.4) is 0 Å². The maximum absolute atomic E-state index is 11.8. The highest BCUT2D eigenvalue weighted by atomic mass is 16.5. The van der Waals surface area contributed by atoms with E-state index in [0.29, 0.717) is 30.1 Å². The molecule has 1 amide bonds. The predicted molar refractivity (Wildman–Crippen MR) is 65.0 cm³/mol. The molecule has 0 aromatic heterocycles. The Bertz CT molecular complexity index is 432. The van der Waals surface area contributed by atoms with Gasteiger partial charge in [0.15, 0.2) is 6.61 Å². The van der Waals surface area contributed by atoms with Gasteiger partial charge in [0.05, 0.1) is 11.8 Å². The van der Waals surface area contributed by atoms with E-state index in [4.69, 9.17) is 10.5 Å². The number of aliphatic hydroxyl groups is 1. The van der Waals surface area contributed by atoms with Crippen LogP contribution >= 0.6 is 0 Å². The zero-order valence-electron chi connectivity index (χ0n) is 9.72. The van der Waals surface area contributed by atoms with Gasteiger partial charge < -0.3 is 20.5 Å². The quantitative estimate of drug-likeness (QED) is 0.760. The zero-order valence-corrected chi connectivity index (χ0v) is 9.72. The number of nitrogens with zero attached hydrogens (tertiary/aromatic N) is 1. The van der Waals surface area contributed by atoms with Crippen molar-refractivity contribution in [2.24, 2.45) is 0 Å². The largest absolute Gasteiger partial charge is 0.482 e. The normalized spacial score (nSPS) is 16.4. The van der Waals surface area contributed by atoms with Gasteiger partial charge in [-0.15, -0.1) is 0 Å². The van der Waals surface area contributed by atoms with Crippen molar-refractivity contribution < 1.29 is 14.6 Å². The molecule has 0 saturated heterocycles. The minimum Gasteiger partial charge on any atom is -0.482 e. The Hall–Kier alpha value is -1.75. The van der Waals surface area contributed by atoms with E-state index in [1.54, 1.807) is 30.0 Å². The summed E-state index contributed by atoms with van der Waals surface area (Å²) in [5, 5.41) is 9.28. The molecule has 5 nitrogen and oxygen atoms in total. The smallest absolute Gasteiger partial charge is 0.265 e. The van der Waals surface area contributed by atoms with Gasteiger partial charge in [-0.25, -0.2) is 0 Å². The Labute approximate surface area is 99.8 Å². The van der Waals surface area contributed by atoms with Gasteiger partial charge in [-0.2, -0.15) is 0 Å². The van der Waals surface area contributed by atoms with E-state index < -0.39 is 6.10 Å². The van der Waals surface area contributed by atoms with Crippen LogP contribution in [0.25, 0.3) is 0 Å². The van der Waals surface area contributed by atoms with Crippen LogP contribution in [0.4, 0.5) is 11.4 Å². The Balaban J connectivity index is 2.26. The first kappa shape index (κ1) is 11.7. The van der Waals surface area contributed by atoms with Crippen molar-refractivity contribution in [1.82, 2.24) is 0 Å². The standard InChI is InChI=1S/C12H16N2O3/c1-8(15)4-5-14-10-6-9(13)2-3-11(10)17-7-12(14)16/h2-3,6,8,15H,4-5,7,13H2,1H3. The topological polar surface area (TPSA) is 75.8 Å². The highest BCUT2D eigenvalue weighted by Crippen LogP contribution is 2.33. The number of aliphatic hydroxyl groups excluding tert-OH is 1. The molecular weight excluding hydrogens is 220 g/mol. The molecule has 0 aliphatic carbocycles. The van der Waals surface area contributed by atoms with E-state index in [1.165, 1.54) is 0 Å². The fourth-order valence-corrected chi connectivity index (χ4v) is 1.78. The summed E-state index contributed by atoms with van der Waals surface area (Å²) in [4.78, 5) is 13.4. The van der Waals surface area contributed by atoms with Gasteiger partial charge in [0.25, 0.3) is 5.91 Å². The number of benzene rings is 1. The minimum atomic E-state index is -0.435. The van der Waals surface area contributed by atoms with E-state index in [0.717, 1.165) is 0 Å². The van der Waals surface area contributed by atoms with Crippen molar-refractivity contribution >= 4 is 17.3 Å². The Kier molecular flexibility index (Phi) is 3.19. The maximum atomic E-state index is 11.8. The SMILES string of the molecule is CC(O)CCN1C(=O)COc2ccc(N)cc21. The van der Waals surface area contributed by atoms with Crippen molar-refractivity contribution in [2.75, 3.05) is 23.8 Å². The number of anilines is 2. The summed E-state index contributed by atoms with van der Waals surface area (Å²) in [5.41, 5.74) is 6.97. The lowest BCUT2D eigenvalue weighted by molar-refractivity contribution is -0.121. The molecule has 1 aromatic carbocycles. The lowest BCUT2D eigenvalue weighted by Gasteiger charge is -2.29. The van der Waals surface area contributed by atoms with E-state index >= 15 is 0 Å². The Morgan fingerprint density at radius 1 is 1.59 bits per heavy atom. The number of fused-ring (bicyclic) bond motifs is 1. The number of amides is 1. The molecule has 17 heavy (non-hydrogen) atoms. The van der Waals surface area contributed by atoms with E-state index in [2.05, 4.69) is 0 Å². The molecule has 3 N–H and O–H groups in total. The van der Waals surface area contributed by atoms with Crippen LogP contribution in [-0.2, 0) is 4.79 Å². The molecule has 0 radical (unpaired) electrons. The van der Waals surface area contributed by atoms with Crippen LogP contribution in [0.15, 0.2) is 18.2 Å². The molecule has 0 bridgehead atoms. The summed E-state index contributed by atoms with van der Waals surface area (Å²) in [6.07, 6.45) is 0.0927. The second-order valence-corrected chi connectivity index (χ2v) is 4.20. The van der Waals surface area contributed by atoms with E-state index in [-0.39, 0.29) is 12.5 Å².